The van der Waals surface area contributed by atoms with Crippen LogP contribution in [0.25, 0.3) is 10.9 Å². The third kappa shape index (κ3) is 6.18. The van der Waals surface area contributed by atoms with E-state index in [1.54, 1.807) is 18.2 Å². The fourth-order valence-corrected chi connectivity index (χ4v) is 3.81. The van der Waals surface area contributed by atoms with Gasteiger partial charge in [0.25, 0.3) is 5.91 Å². The summed E-state index contributed by atoms with van der Waals surface area (Å²) in [4.78, 5) is 40.1. The number of alkyl halides is 3. The number of aromatic nitrogens is 1. The second kappa shape index (κ2) is 10.5. The Morgan fingerprint density at radius 1 is 1.32 bits per heavy atom. The standard InChI is InChI=1S/C22H24F3N5O4/c1-34-18-4-2-3-15-14(18)10-17(29-15)21(33)30-16(5-7-22(23,24)25)20(32)28-13(11-26)9-12-6-8-27-19(12)31/h2-4,10,12-13,16,29H,5-9H2,1H3,(H,27,31)(H,28,32)(H,30,33)/t12-,13-,16-/m0/s1. The average Bonchev–Trinajstić information content (AvgIpc) is 3.41. The summed E-state index contributed by atoms with van der Waals surface area (Å²) >= 11 is 0. The van der Waals surface area contributed by atoms with Crippen LogP contribution in [0.4, 0.5) is 13.2 Å². The maximum atomic E-state index is 12.8. The highest BCUT2D eigenvalue weighted by Crippen LogP contribution is 2.26. The fourth-order valence-electron chi connectivity index (χ4n) is 3.81. The van der Waals surface area contributed by atoms with Crippen molar-refractivity contribution in [2.24, 2.45) is 5.92 Å². The smallest absolute Gasteiger partial charge is 0.389 e. The molecule has 0 aliphatic carbocycles. The van der Waals surface area contributed by atoms with Crippen molar-refractivity contribution in [1.82, 2.24) is 20.9 Å². The van der Waals surface area contributed by atoms with Crippen LogP contribution in [0.2, 0.25) is 0 Å². The molecule has 1 fully saturated rings. The van der Waals surface area contributed by atoms with Gasteiger partial charge in [-0.05, 0) is 37.5 Å². The highest BCUT2D eigenvalue weighted by Gasteiger charge is 2.33. The molecule has 3 rings (SSSR count). The second-order valence-electron chi connectivity index (χ2n) is 7.99. The summed E-state index contributed by atoms with van der Waals surface area (Å²) in [6.07, 6.45) is -6.06. The first kappa shape index (κ1) is 24.9. The lowest BCUT2D eigenvalue weighted by Gasteiger charge is -2.21. The number of halogens is 3. The van der Waals surface area contributed by atoms with Gasteiger partial charge >= 0.3 is 6.18 Å². The van der Waals surface area contributed by atoms with Crippen LogP contribution in [0.5, 0.6) is 5.75 Å². The average molecular weight is 479 g/mol. The minimum absolute atomic E-state index is 0.0236. The van der Waals surface area contributed by atoms with E-state index < -0.39 is 48.8 Å². The number of carbonyl (C=O) groups excluding carboxylic acids is 3. The number of rotatable bonds is 9. The molecule has 182 valence electrons. The van der Waals surface area contributed by atoms with Crippen molar-refractivity contribution in [3.05, 3.63) is 30.0 Å². The van der Waals surface area contributed by atoms with E-state index in [0.717, 1.165) is 0 Å². The molecule has 2 aromatic rings. The monoisotopic (exact) mass is 479 g/mol. The molecule has 2 heterocycles. The van der Waals surface area contributed by atoms with Crippen LogP contribution < -0.4 is 20.7 Å². The molecule has 9 nitrogen and oxygen atoms in total. The Labute approximate surface area is 193 Å². The summed E-state index contributed by atoms with van der Waals surface area (Å²) in [6, 6.07) is 5.77. The number of hydrogen-bond donors (Lipinski definition) is 4. The maximum absolute atomic E-state index is 12.8. The van der Waals surface area contributed by atoms with E-state index in [-0.39, 0.29) is 18.0 Å². The number of nitrogens with zero attached hydrogens (tertiary/aromatic N) is 1. The molecule has 4 N–H and O–H groups in total. The minimum Gasteiger partial charge on any atom is -0.496 e. The largest absolute Gasteiger partial charge is 0.496 e. The molecule has 0 radical (unpaired) electrons. The first-order valence-corrected chi connectivity index (χ1v) is 10.6. The molecule has 0 bridgehead atoms. The van der Waals surface area contributed by atoms with Gasteiger partial charge in [-0.25, -0.2) is 0 Å². The SMILES string of the molecule is COc1cccc2[nH]c(C(=O)N[C@@H](CCC(F)(F)F)C(=O)N[C@H](C#N)C[C@@H]3CCNC3=O)cc12. The lowest BCUT2D eigenvalue weighted by atomic mass is 9.98. The van der Waals surface area contributed by atoms with Crippen molar-refractivity contribution in [3.63, 3.8) is 0 Å². The highest BCUT2D eigenvalue weighted by molar-refractivity contribution is 6.01. The minimum atomic E-state index is -4.55. The Hall–Kier alpha value is -3.75. The number of ether oxygens (including phenoxy) is 1. The van der Waals surface area contributed by atoms with E-state index in [0.29, 0.717) is 29.6 Å². The van der Waals surface area contributed by atoms with E-state index in [1.165, 1.54) is 13.2 Å². The molecule has 1 saturated heterocycles. The van der Waals surface area contributed by atoms with Crippen LogP contribution in [0, 0.1) is 17.2 Å². The van der Waals surface area contributed by atoms with Crippen molar-refractivity contribution in [1.29, 1.82) is 5.26 Å². The number of methoxy groups -OCH3 is 1. The predicted molar refractivity (Wildman–Crippen MR) is 115 cm³/mol. The van der Waals surface area contributed by atoms with Gasteiger partial charge in [-0.15, -0.1) is 0 Å². The van der Waals surface area contributed by atoms with Gasteiger partial charge in [0.1, 0.15) is 23.5 Å². The Kier molecular flexibility index (Phi) is 7.65. The molecule has 34 heavy (non-hydrogen) atoms. The summed E-state index contributed by atoms with van der Waals surface area (Å²) in [5.74, 6) is -1.95. The van der Waals surface area contributed by atoms with Gasteiger partial charge in [0.15, 0.2) is 0 Å². The van der Waals surface area contributed by atoms with Crippen LogP contribution >= 0.6 is 0 Å². The Morgan fingerprint density at radius 2 is 2.09 bits per heavy atom. The number of amides is 3. The highest BCUT2D eigenvalue weighted by atomic mass is 19.4. The summed E-state index contributed by atoms with van der Waals surface area (Å²) in [5, 5.41) is 17.3. The molecule has 0 unspecified atom stereocenters. The molecule has 3 atom stereocenters. The van der Waals surface area contributed by atoms with E-state index in [9.17, 15) is 32.8 Å². The van der Waals surface area contributed by atoms with Gasteiger partial charge in [0.2, 0.25) is 11.8 Å². The first-order chi connectivity index (χ1) is 16.1. The van der Waals surface area contributed by atoms with Crippen LogP contribution in [-0.2, 0) is 9.59 Å². The molecule has 1 aromatic heterocycles. The number of carbonyl (C=O) groups is 3. The molecular formula is C22H24F3N5O4. The topological polar surface area (TPSA) is 136 Å². The second-order valence-corrected chi connectivity index (χ2v) is 7.99. The quantitative estimate of drug-likeness (QED) is 0.437. The van der Waals surface area contributed by atoms with Crippen molar-refractivity contribution >= 4 is 28.6 Å². The number of fused-ring (bicyclic) bond motifs is 1. The number of nitriles is 1. The van der Waals surface area contributed by atoms with Crippen LogP contribution in [0.3, 0.4) is 0 Å². The van der Waals surface area contributed by atoms with Gasteiger partial charge in [-0.2, -0.15) is 18.4 Å². The summed E-state index contributed by atoms with van der Waals surface area (Å²) in [6.45, 7) is 0.454. The molecule has 0 spiro atoms. The number of H-pyrrole nitrogens is 1. The van der Waals surface area contributed by atoms with E-state index >= 15 is 0 Å². The third-order valence-electron chi connectivity index (χ3n) is 5.58. The van der Waals surface area contributed by atoms with E-state index in [2.05, 4.69) is 20.9 Å². The van der Waals surface area contributed by atoms with Gasteiger partial charge in [0.05, 0.1) is 13.2 Å². The molecule has 12 heteroatoms. The predicted octanol–water partition coefficient (Wildman–Crippen LogP) is 2.15. The lowest BCUT2D eigenvalue weighted by Crippen LogP contribution is -2.50. The molecule has 1 aromatic carbocycles. The zero-order valence-electron chi connectivity index (χ0n) is 18.3. The first-order valence-electron chi connectivity index (χ1n) is 10.6. The van der Waals surface area contributed by atoms with Crippen molar-refractivity contribution < 1.29 is 32.3 Å². The molecule has 1 aliphatic rings. The maximum Gasteiger partial charge on any atom is 0.389 e. The normalized spacial score (nSPS) is 17.5. The number of hydrogen-bond acceptors (Lipinski definition) is 5. The van der Waals surface area contributed by atoms with Gasteiger partial charge < -0.3 is 25.7 Å². The Balaban J connectivity index is 1.74. The van der Waals surface area contributed by atoms with Crippen molar-refractivity contribution in [2.45, 2.75) is 43.9 Å². The Bertz CT molecular complexity index is 1110. The number of benzene rings is 1. The molecule has 1 aliphatic heterocycles. The van der Waals surface area contributed by atoms with Crippen LogP contribution in [0.1, 0.15) is 36.2 Å². The van der Waals surface area contributed by atoms with E-state index in [4.69, 9.17) is 4.74 Å². The summed E-state index contributed by atoms with van der Waals surface area (Å²) in [7, 11) is 1.46. The number of aromatic amines is 1. The zero-order valence-corrected chi connectivity index (χ0v) is 18.3. The summed E-state index contributed by atoms with van der Waals surface area (Å²) < 4.78 is 43.8. The molecule has 3 amide bonds. The van der Waals surface area contributed by atoms with Gasteiger partial charge in [-0.1, -0.05) is 6.07 Å². The van der Waals surface area contributed by atoms with Crippen LogP contribution in [0.15, 0.2) is 24.3 Å². The lowest BCUT2D eigenvalue weighted by molar-refractivity contribution is -0.139. The molecule has 0 saturated carbocycles. The van der Waals surface area contributed by atoms with E-state index in [1.807, 2.05) is 6.07 Å². The van der Waals surface area contributed by atoms with Crippen molar-refractivity contribution in [2.75, 3.05) is 13.7 Å². The zero-order chi connectivity index (χ0) is 24.9. The number of nitrogens with one attached hydrogen (secondary N) is 4. The Morgan fingerprint density at radius 3 is 2.71 bits per heavy atom. The fraction of sp³-hybridized carbons (Fsp3) is 0.455. The van der Waals surface area contributed by atoms with Gasteiger partial charge in [0, 0.05) is 29.8 Å². The van der Waals surface area contributed by atoms with Crippen molar-refractivity contribution in [3.8, 4) is 11.8 Å². The molecular weight excluding hydrogens is 455 g/mol. The van der Waals surface area contributed by atoms with Crippen LogP contribution in [-0.4, -0.2) is 54.6 Å². The van der Waals surface area contributed by atoms with Gasteiger partial charge in [-0.3, -0.25) is 14.4 Å². The summed E-state index contributed by atoms with van der Waals surface area (Å²) in [5.41, 5.74) is 0.601. The third-order valence-corrected chi connectivity index (χ3v) is 5.58.